The summed E-state index contributed by atoms with van der Waals surface area (Å²) in [6, 6.07) is 7.01. The lowest BCUT2D eigenvalue weighted by Crippen LogP contribution is -2.29. The number of sulfonamides is 1. The molecule has 0 aliphatic rings. The van der Waals surface area contributed by atoms with Crippen LogP contribution in [0.3, 0.4) is 0 Å². The molecule has 0 amide bonds. The first kappa shape index (κ1) is 18.1. The SMILES string of the molecule is Cc1nc(NCCNS(=O)(=O)c2ccccc2F)cc(N(C)C)n1. The van der Waals surface area contributed by atoms with E-state index in [1.165, 1.54) is 18.2 Å². The van der Waals surface area contributed by atoms with Gasteiger partial charge < -0.3 is 10.2 Å². The lowest BCUT2D eigenvalue weighted by Gasteiger charge is -2.14. The van der Waals surface area contributed by atoms with Crippen molar-refractivity contribution >= 4 is 21.7 Å². The van der Waals surface area contributed by atoms with Gasteiger partial charge in [-0.05, 0) is 19.1 Å². The molecular weight excluding hydrogens is 333 g/mol. The van der Waals surface area contributed by atoms with E-state index in [4.69, 9.17) is 0 Å². The van der Waals surface area contributed by atoms with E-state index < -0.39 is 15.8 Å². The van der Waals surface area contributed by atoms with E-state index >= 15 is 0 Å². The predicted molar refractivity (Wildman–Crippen MR) is 91.2 cm³/mol. The first-order valence-electron chi connectivity index (χ1n) is 7.30. The highest BCUT2D eigenvalue weighted by atomic mass is 32.2. The minimum Gasteiger partial charge on any atom is -0.369 e. The van der Waals surface area contributed by atoms with Crippen LogP contribution in [0.1, 0.15) is 5.82 Å². The Labute approximate surface area is 141 Å². The Morgan fingerprint density at radius 3 is 2.54 bits per heavy atom. The topological polar surface area (TPSA) is 87.2 Å². The van der Waals surface area contributed by atoms with Crippen LogP contribution in [-0.4, -0.2) is 45.6 Å². The summed E-state index contributed by atoms with van der Waals surface area (Å²) in [5, 5.41) is 3.02. The van der Waals surface area contributed by atoms with Crippen LogP contribution in [0.25, 0.3) is 0 Å². The number of hydrogen-bond donors (Lipinski definition) is 2. The van der Waals surface area contributed by atoms with Gasteiger partial charge in [-0.25, -0.2) is 27.5 Å². The van der Waals surface area contributed by atoms with Crippen molar-refractivity contribution in [2.24, 2.45) is 0 Å². The molecule has 0 fully saturated rings. The summed E-state index contributed by atoms with van der Waals surface area (Å²) < 4.78 is 40.0. The molecule has 0 aliphatic carbocycles. The fraction of sp³-hybridized carbons (Fsp3) is 0.333. The summed E-state index contributed by atoms with van der Waals surface area (Å²) in [4.78, 5) is 9.99. The van der Waals surface area contributed by atoms with Gasteiger partial charge in [0.25, 0.3) is 0 Å². The lowest BCUT2D eigenvalue weighted by atomic mass is 10.4. The van der Waals surface area contributed by atoms with Crippen molar-refractivity contribution in [3.63, 3.8) is 0 Å². The molecular formula is C15H20FN5O2S. The average Bonchev–Trinajstić information content (AvgIpc) is 2.51. The third kappa shape index (κ3) is 4.62. The summed E-state index contributed by atoms with van der Waals surface area (Å²) in [7, 11) is -0.143. The molecule has 24 heavy (non-hydrogen) atoms. The van der Waals surface area contributed by atoms with E-state index in [0.29, 0.717) is 18.2 Å². The Balaban J connectivity index is 1.95. The second-order valence-corrected chi connectivity index (χ2v) is 7.04. The normalized spacial score (nSPS) is 11.3. The first-order chi connectivity index (χ1) is 11.3. The Morgan fingerprint density at radius 2 is 1.88 bits per heavy atom. The highest BCUT2D eigenvalue weighted by molar-refractivity contribution is 7.89. The molecule has 7 nitrogen and oxygen atoms in total. The van der Waals surface area contributed by atoms with E-state index in [1.807, 2.05) is 19.0 Å². The van der Waals surface area contributed by atoms with Crippen LogP contribution in [0.2, 0.25) is 0 Å². The second kappa shape index (κ2) is 7.54. The van der Waals surface area contributed by atoms with Crippen molar-refractivity contribution in [1.29, 1.82) is 0 Å². The summed E-state index contributed by atoms with van der Waals surface area (Å²) in [6.45, 7) is 2.17. The number of nitrogens with one attached hydrogen (secondary N) is 2. The second-order valence-electron chi connectivity index (χ2n) is 5.31. The van der Waals surface area contributed by atoms with Crippen LogP contribution in [0.15, 0.2) is 35.2 Å². The number of anilines is 2. The maximum Gasteiger partial charge on any atom is 0.243 e. The van der Waals surface area contributed by atoms with E-state index in [1.54, 1.807) is 13.0 Å². The van der Waals surface area contributed by atoms with Gasteiger partial charge in [0.1, 0.15) is 28.2 Å². The van der Waals surface area contributed by atoms with Gasteiger partial charge in [0.05, 0.1) is 0 Å². The third-order valence-electron chi connectivity index (χ3n) is 3.13. The number of nitrogens with zero attached hydrogens (tertiary/aromatic N) is 3. The van der Waals surface area contributed by atoms with Crippen molar-refractivity contribution in [2.75, 3.05) is 37.4 Å². The minimum atomic E-state index is -3.88. The zero-order chi connectivity index (χ0) is 17.7. The van der Waals surface area contributed by atoms with Gasteiger partial charge in [-0.1, -0.05) is 12.1 Å². The quantitative estimate of drug-likeness (QED) is 0.732. The number of benzene rings is 1. The molecule has 1 aromatic heterocycles. The average molecular weight is 353 g/mol. The van der Waals surface area contributed by atoms with Gasteiger partial charge in [-0.2, -0.15) is 0 Å². The number of aryl methyl sites for hydroxylation is 1. The summed E-state index contributed by atoms with van der Waals surface area (Å²) in [6.07, 6.45) is 0. The molecule has 0 unspecified atom stereocenters. The molecule has 1 heterocycles. The summed E-state index contributed by atoms with van der Waals surface area (Å²) in [5.41, 5.74) is 0. The zero-order valence-electron chi connectivity index (χ0n) is 13.7. The maximum atomic E-state index is 13.6. The van der Waals surface area contributed by atoms with E-state index in [9.17, 15) is 12.8 Å². The molecule has 2 rings (SSSR count). The van der Waals surface area contributed by atoms with Crippen LogP contribution >= 0.6 is 0 Å². The van der Waals surface area contributed by atoms with Gasteiger partial charge in [0.15, 0.2) is 0 Å². The smallest absolute Gasteiger partial charge is 0.243 e. The minimum absolute atomic E-state index is 0.0943. The Morgan fingerprint density at radius 1 is 1.17 bits per heavy atom. The maximum absolute atomic E-state index is 13.6. The number of rotatable bonds is 7. The Kier molecular flexibility index (Phi) is 5.68. The van der Waals surface area contributed by atoms with E-state index in [2.05, 4.69) is 20.0 Å². The first-order valence-corrected chi connectivity index (χ1v) is 8.79. The van der Waals surface area contributed by atoms with E-state index in [-0.39, 0.29) is 11.4 Å². The molecule has 0 radical (unpaired) electrons. The Bertz CT molecular complexity index is 811. The fourth-order valence-electron chi connectivity index (χ4n) is 1.99. The molecule has 0 atom stereocenters. The molecule has 9 heteroatoms. The molecule has 130 valence electrons. The zero-order valence-corrected chi connectivity index (χ0v) is 14.6. The van der Waals surface area contributed by atoms with Crippen LogP contribution in [-0.2, 0) is 10.0 Å². The highest BCUT2D eigenvalue weighted by Crippen LogP contribution is 2.14. The van der Waals surface area contributed by atoms with Gasteiger partial charge in [0.2, 0.25) is 10.0 Å². The van der Waals surface area contributed by atoms with Gasteiger partial charge in [0, 0.05) is 33.3 Å². The molecule has 0 saturated heterocycles. The predicted octanol–water partition coefficient (Wildman–Crippen LogP) is 1.38. The number of aromatic nitrogens is 2. The van der Waals surface area contributed by atoms with Gasteiger partial charge in [-0.15, -0.1) is 0 Å². The molecule has 0 saturated carbocycles. The Hall–Kier alpha value is -2.26. The van der Waals surface area contributed by atoms with Crippen LogP contribution in [0.5, 0.6) is 0 Å². The van der Waals surface area contributed by atoms with Gasteiger partial charge in [-0.3, -0.25) is 0 Å². The molecule has 1 aromatic carbocycles. The van der Waals surface area contributed by atoms with Crippen molar-refractivity contribution in [3.8, 4) is 0 Å². The van der Waals surface area contributed by atoms with Gasteiger partial charge >= 0.3 is 0 Å². The molecule has 0 aliphatic heterocycles. The number of hydrogen-bond acceptors (Lipinski definition) is 6. The van der Waals surface area contributed by atoms with Crippen molar-refractivity contribution in [1.82, 2.24) is 14.7 Å². The van der Waals surface area contributed by atoms with Crippen molar-refractivity contribution in [2.45, 2.75) is 11.8 Å². The summed E-state index contributed by atoms with van der Waals surface area (Å²) in [5.74, 6) is 1.17. The third-order valence-corrected chi connectivity index (χ3v) is 4.63. The molecule has 0 spiro atoms. The molecule has 0 bridgehead atoms. The largest absolute Gasteiger partial charge is 0.369 e. The van der Waals surface area contributed by atoms with Crippen molar-refractivity contribution < 1.29 is 12.8 Å². The van der Waals surface area contributed by atoms with E-state index in [0.717, 1.165) is 11.9 Å². The monoisotopic (exact) mass is 353 g/mol. The fourth-order valence-corrected chi connectivity index (χ4v) is 3.10. The highest BCUT2D eigenvalue weighted by Gasteiger charge is 2.17. The lowest BCUT2D eigenvalue weighted by molar-refractivity contribution is 0.558. The van der Waals surface area contributed by atoms with Crippen LogP contribution < -0.4 is 14.9 Å². The summed E-state index contributed by atoms with van der Waals surface area (Å²) >= 11 is 0. The van der Waals surface area contributed by atoms with Crippen LogP contribution in [0.4, 0.5) is 16.0 Å². The van der Waals surface area contributed by atoms with Crippen molar-refractivity contribution in [3.05, 3.63) is 42.0 Å². The molecule has 2 N–H and O–H groups in total. The van der Waals surface area contributed by atoms with Crippen LogP contribution in [0, 0.1) is 12.7 Å². The molecule has 2 aromatic rings. The standard InChI is InChI=1S/C15H20FN5O2S/c1-11-19-14(10-15(20-11)21(2)3)17-8-9-18-24(22,23)13-7-5-4-6-12(13)16/h4-7,10,18H,8-9H2,1-3H3,(H,17,19,20). The number of halogens is 1.